The van der Waals surface area contributed by atoms with Crippen molar-refractivity contribution in [1.82, 2.24) is 24.7 Å². The summed E-state index contributed by atoms with van der Waals surface area (Å²) >= 11 is 0. The fraction of sp³-hybridized carbons (Fsp3) is 0.278. The Bertz CT molecular complexity index is 1060. The first-order valence-corrected chi connectivity index (χ1v) is 8.90. The molecule has 31 heavy (non-hydrogen) atoms. The number of nitrogens with two attached hydrogens (primary N) is 1. The standard InChI is InChI=1S/C18H19F3N8O2/c1-28-14(5-8-25-28)27-17-24-7-4-12(26-17)11-3-6-23-15(9-11)29(22)16(30)10-13(31-2)18(19,20)21/h3-9,13H,10,22H2,1-2H3,(H,24,26,27). The summed E-state index contributed by atoms with van der Waals surface area (Å²) in [5.74, 6) is 5.63. The van der Waals surface area contributed by atoms with Crippen LogP contribution in [0.1, 0.15) is 6.42 Å². The van der Waals surface area contributed by atoms with Crippen molar-refractivity contribution in [2.75, 3.05) is 17.4 Å². The number of pyridine rings is 1. The van der Waals surface area contributed by atoms with Crippen molar-refractivity contribution < 1.29 is 22.7 Å². The van der Waals surface area contributed by atoms with Crippen LogP contribution in [0.25, 0.3) is 11.3 Å². The van der Waals surface area contributed by atoms with Gasteiger partial charge in [-0.1, -0.05) is 0 Å². The van der Waals surface area contributed by atoms with Gasteiger partial charge in [0, 0.05) is 38.2 Å². The maximum absolute atomic E-state index is 12.9. The summed E-state index contributed by atoms with van der Waals surface area (Å²) in [6.45, 7) is 0. The zero-order chi connectivity index (χ0) is 22.6. The summed E-state index contributed by atoms with van der Waals surface area (Å²) in [6.07, 6.45) is -3.43. The largest absolute Gasteiger partial charge is 0.415 e. The van der Waals surface area contributed by atoms with Crippen LogP contribution in [0.4, 0.5) is 30.8 Å². The van der Waals surface area contributed by atoms with Crippen molar-refractivity contribution in [3.63, 3.8) is 0 Å². The molecule has 0 aromatic carbocycles. The summed E-state index contributed by atoms with van der Waals surface area (Å²) in [6, 6.07) is 6.42. The quantitative estimate of drug-likeness (QED) is 0.328. The Balaban J connectivity index is 1.79. The molecule has 0 radical (unpaired) electrons. The zero-order valence-electron chi connectivity index (χ0n) is 16.5. The Morgan fingerprint density at radius 1 is 1.26 bits per heavy atom. The lowest BCUT2D eigenvalue weighted by atomic mass is 10.2. The highest BCUT2D eigenvalue weighted by Gasteiger charge is 2.42. The number of nitrogens with zero attached hydrogens (tertiary/aromatic N) is 6. The van der Waals surface area contributed by atoms with Crippen LogP contribution in [-0.2, 0) is 16.6 Å². The Morgan fingerprint density at radius 2 is 2.00 bits per heavy atom. The van der Waals surface area contributed by atoms with E-state index in [0.29, 0.717) is 28.0 Å². The molecule has 13 heteroatoms. The minimum Gasteiger partial charge on any atom is -0.371 e. The molecule has 3 aromatic heterocycles. The second-order valence-corrected chi connectivity index (χ2v) is 6.37. The number of rotatable bonds is 7. The van der Waals surface area contributed by atoms with Crippen LogP contribution in [0.2, 0.25) is 0 Å². The smallest absolute Gasteiger partial charge is 0.371 e. The van der Waals surface area contributed by atoms with E-state index in [0.717, 1.165) is 7.11 Å². The molecule has 0 fully saturated rings. The van der Waals surface area contributed by atoms with Crippen LogP contribution >= 0.6 is 0 Å². The lowest BCUT2D eigenvalue weighted by Gasteiger charge is -2.21. The highest BCUT2D eigenvalue weighted by atomic mass is 19.4. The number of hydrazine groups is 1. The fourth-order valence-electron chi connectivity index (χ4n) is 2.62. The van der Waals surface area contributed by atoms with Gasteiger partial charge in [-0.15, -0.1) is 0 Å². The minimum atomic E-state index is -4.70. The second-order valence-electron chi connectivity index (χ2n) is 6.37. The highest BCUT2D eigenvalue weighted by Crippen LogP contribution is 2.26. The van der Waals surface area contributed by atoms with Gasteiger partial charge < -0.3 is 10.1 Å². The first-order valence-electron chi connectivity index (χ1n) is 8.90. The molecule has 3 N–H and O–H groups in total. The summed E-state index contributed by atoms with van der Waals surface area (Å²) in [7, 11) is 2.62. The molecule has 1 unspecified atom stereocenters. The third-order valence-electron chi connectivity index (χ3n) is 4.28. The number of carbonyl (C=O) groups excluding carboxylic acids is 1. The average Bonchev–Trinajstić information content (AvgIpc) is 3.15. The monoisotopic (exact) mass is 436 g/mol. The van der Waals surface area contributed by atoms with Crippen LogP contribution < -0.4 is 16.2 Å². The van der Waals surface area contributed by atoms with E-state index in [2.05, 4.69) is 30.1 Å². The number of aromatic nitrogens is 5. The molecular weight excluding hydrogens is 417 g/mol. The molecule has 3 heterocycles. The number of hydrogen-bond donors (Lipinski definition) is 2. The number of amides is 1. The van der Waals surface area contributed by atoms with Gasteiger partial charge in [0.25, 0.3) is 0 Å². The Morgan fingerprint density at radius 3 is 2.65 bits per heavy atom. The lowest BCUT2D eigenvalue weighted by molar-refractivity contribution is -0.214. The molecule has 0 aliphatic carbocycles. The summed E-state index contributed by atoms with van der Waals surface area (Å²) < 4.78 is 44.5. The Hall–Kier alpha value is -3.58. The van der Waals surface area contributed by atoms with Crippen molar-refractivity contribution in [2.45, 2.75) is 18.7 Å². The number of nitrogens with one attached hydrogen (secondary N) is 1. The molecule has 0 aliphatic heterocycles. The second kappa shape index (κ2) is 9.06. The summed E-state index contributed by atoms with van der Waals surface area (Å²) in [5.41, 5.74) is 1.01. The molecule has 0 bridgehead atoms. The third kappa shape index (κ3) is 5.32. The molecular formula is C18H19F3N8O2. The zero-order valence-corrected chi connectivity index (χ0v) is 16.5. The van der Waals surface area contributed by atoms with Gasteiger partial charge in [0.2, 0.25) is 11.9 Å². The molecule has 3 aromatic rings. The van der Waals surface area contributed by atoms with E-state index >= 15 is 0 Å². The Labute approximate surface area is 174 Å². The highest BCUT2D eigenvalue weighted by molar-refractivity contribution is 5.92. The minimum absolute atomic E-state index is 0.0423. The van der Waals surface area contributed by atoms with Crippen molar-refractivity contribution in [3.05, 3.63) is 42.9 Å². The SMILES string of the molecule is COC(CC(=O)N(N)c1cc(-c2ccnc(Nc3ccnn3C)n2)ccn1)C(F)(F)F. The van der Waals surface area contributed by atoms with Gasteiger partial charge in [-0.3, -0.25) is 9.48 Å². The van der Waals surface area contributed by atoms with E-state index in [4.69, 9.17) is 5.84 Å². The number of carbonyl (C=O) groups is 1. The van der Waals surface area contributed by atoms with Crippen molar-refractivity contribution in [3.8, 4) is 11.3 Å². The fourth-order valence-corrected chi connectivity index (χ4v) is 2.62. The number of methoxy groups -OCH3 is 1. The normalized spacial score (nSPS) is 12.5. The maximum Gasteiger partial charge on any atom is 0.415 e. The number of aryl methyl sites for hydroxylation is 1. The molecule has 1 atom stereocenters. The van der Waals surface area contributed by atoms with Crippen LogP contribution in [0.15, 0.2) is 42.9 Å². The first-order chi connectivity index (χ1) is 14.7. The topological polar surface area (TPSA) is 124 Å². The molecule has 0 spiro atoms. The number of hydrogen-bond acceptors (Lipinski definition) is 8. The Kier molecular flexibility index (Phi) is 6.46. The predicted molar refractivity (Wildman–Crippen MR) is 105 cm³/mol. The number of alkyl halides is 3. The van der Waals surface area contributed by atoms with Crippen LogP contribution in [0, 0.1) is 0 Å². The van der Waals surface area contributed by atoms with Gasteiger partial charge in [0.05, 0.1) is 18.3 Å². The summed E-state index contributed by atoms with van der Waals surface area (Å²) in [5, 5.41) is 7.61. The van der Waals surface area contributed by atoms with Crippen molar-refractivity contribution in [2.24, 2.45) is 12.9 Å². The first kappa shape index (κ1) is 22.1. The van der Waals surface area contributed by atoms with E-state index in [9.17, 15) is 18.0 Å². The van der Waals surface area contributed by atoms with E-state index in [1.165, 1.54) is 18.5 Å². The number of halogens is 3. The van der Waals surface area contributed by atoms with Gasteiger partial charge in [-0.2, -0.15) is 18.3 Å². The van der Waals surface area contributed by atoms with E-state index in [-0.39, 0.29) is 5.82 Å². The van der Waals surface area contributed by atoms with Crippen LogP contribution in [0.5, 0.6) is 0 Å². The van der Waals surface area contributed by atoms with E-state index in [1.807, 2.05) is 0 Å². The van der Waals surface area contributed by atoms with Crippen molar-refractivity contribution in [1.29, 1.82) is 0 Å². The third-order valence-corrected chi connectivity index (χ3v) is 4.28. The van der Waals surface area contributed by atoms with Crippen LogP contribution in [-0.4, -0.2) is 50.0 Å². The molecule has 3 rings (SSSR count). The average molecular weight is 436 g/mol. The van der Waals surface area contributed by atoms with Gasteiger partial charge in [0.1, 0.15) is 11.6 Å². The van der Waals surface area contributed by atoms with Gasteiger partial charge in [0.15, 0.2) is 6.10 Å². The van der Waals surface area contributed by atoms with E-state index < -0.39 is 24.6 Å². The van der Waals surface area contributed by atoms with E-state index in [1.54, 1.807) is 36.1 Å². The maximum atomic E-state index is 12.9. The molecule has 1 amide bonds. The van der Waals surface area contributed by atoms with Crippen molar-refractivity contribution >= 4 is 23.5 Å². The van der Waals surface area contributed by atoms with Gasteiger partial charge in [-0.25, -0.2) is 25.8 Å². The number of ether oxygens (including phenoxy) is 1. The van der Waals surface area contributed by atoms with Crippen LogP contribution in [0.3, 0.4) is 0 Å². The molecule has 0 aliphatic rings. The molecule has 0 saturated carbocycles. The molecule has 0 saturated heterocycles. The molecule has 10 nitrogen and oxygen atoms in total. The van der Waals surface area contributed by atoms with Gasteiger partial charge >= 0.3 is 6.18 Å². The predicted octanol–water partition coefficient (Wildman–Crippen LogP) is 2.19. The lowest BCUT2D eigenvalue weighted by Crippen LogP contribution is -2.43. The number of anilines is 3. The molecule has 164 valence electrons. The van der Waals surface area contributed by atoms with Gasteiger partial charge in [-0.05, 0) is 18.2 Å². The summed E-state index contributed by atoms with van der Waals surface area (Å²) in [4.78, 5) is 24.7.